The fraction of sp³-hybridized carbons (Fsp3) is 0.400. The number of nitrogens with zero attached hydrogens (tertiary/aromatic N) is 2. The summed E-state index contributed by atoms with van der Waals surface area (Å²) in [6, 6.07) is 10.2. The lowest BCUT2D eigenvalue weighted by Gasteiger charge is -2.33. The van der Waals surface area contributed by atoms with Crippen LogP contribution in [-0.2, 0) is 21.2 Å². The first kappa shape index (κ1) is 22.4. The van der Waals surface area contributed by atoms with Crippen LogP contribution in [0.3, 0.4) is 0 Å². The molecule has 0 saturated carbocycles. The van der Waals surface area contributed by atoms with Gasteiger partial charge in [-0.25, -0.2) is 13.2 Å². The van der Waals surface area contributed by atoms with Crippen LogP contribution in [0, 0.1) is 6.92 Å². The van der Waals surface area contributed by atoms with E-state index in [2.05, 4.69) is 10.6 Å². The van der Waals surface area contributed by atoms with Crippen molar-refractivity contribution in [3.8, 4) is 0 Å². The van der Waals surface area contributed by atoms with Gasteiger partial charge in [0.15, 0.2) is 0 Å². The van der Waals surface area contributed by atoms with E-state index in [9.17, 15) is 18.0 Å². The molecule has 2 N–H and O–H groups in total. The first-order chi connectivity index (χ1) is 14.3. The number of thiophene rings is 1. The molecule has 3 amide bonds. The standard InChI is InChI=1S/C20H26N4O4S2/c1-16-4-6-18(7-5-16)30(27,28)24-12-10-23(11-13-24)15-19(25)22-20(26)21-9-8-17-3-2-14-29-17/h2-7,14H,8-13,15H2,1H3,(H2,21,22,25,26). The average molecular weight is 451 g/mol. The molecule has 2 aromatic rings. The Hall–Kier alpha value is -2.27. The van der Waals surface area contributed by atoms with Crippen molar-refractivity contribution in [2.24, 2.45) is 0 Å². The maximum Gasteiger partial charge on any atom is 0.321 e. The molecule has 0 aliphatic carbocycles. The second-order valence-corrected chi connectivity index (χ2v) is 10.1. The van der Waals surface area contributed by atoms with E-state index >= 15 is 0 Å². The smallest absolute Gasteiger partial charge is 0.321 e. The summed E-state index contributed by atoms with van der Waals surface area (Å²) in [5.74, 6) is -0.404. The maximum absolute atomic E-state index is 12.7. The van der Waals surface area contributed by atoms with Gasteiger partial charge in [-0.1, -0.05) is 23.8 Å². The highest BCUT2D eigenvalue weighted by Gasteiger charge is 2.29. The molecule has 1 aliphatic heterocycles. The molecule has 0 bridgehead atoms. The zero-order chi connectivity index (χ0) is 21.6. The Morgan fingerprint density at radius 2 is 1.77 bits per heavy atom. The van der Waals surface area contributed by atoms with Gasteiger partial charge in [0.05, 0.1) is 11.4 Å². The number of piperazine rings is 1. The second kappa shape index (κ2) is 10.2. The number of rotatable bonds is 7. The van der Waals surface area contributed by atoms with Gasteiger partial charge in [-0.05, 0) is 36.9 Å². The normalized spacial score (nSPS) is 15.6. The van der Waals surface area contributed by atoms with E-state index in [1.54, 1.807) is 35.6 Å². The number of carbonyl (C=O) groups is 2. The van der Waals surface area contributed by atoms with Gasteiger partial charge < -0.3 is 5.32 Å². The molecule has 2 heterocycles. The number of hydrogen-bond donors (Lipinski definition) is 2. The highest BCUT2D eigenvalue weighted by Crippen LogP contribution is 2.18. The molecule has 10 heteroatoms. The summed E-state index contributed by atoms with van der Waals surface area (Å²) in [5, 5.41) is 6.97. The Morgan fingerprint density at radius 3 is 2.40 bits per heavy atom. The lowest BCUT2D eigenvalue weighted by Crippen LogP contribution is -2.52. The minimum Gasteiger partial charge on any atom is -0.337 e. The summed E-state index contributed by atoms with van der Waals surface area (Å²) in [6.07, 6.45) is 0.719. The molecule has 3 rings (SSSR count). The summed E-state index contributed by atoms with van der Waals surface area (Å²) < 4.78 is 26.9. The van der Waals surface area contributed by atoms with Crippen molar-refractivity contribution in [2.45, 2.75) is 18.2 Å². The van der Waals surface area contributed by atoms with Crippen LogP contribution in [0.25, 0.3) is 0 Å². The predicted octanol–water partition coefficient (Wildman–Crippen LogP) is 1.43. The highest BCUT2D eigenvalue weighted by molar-refractivity contribution is 7.89. The molecule has 1 aromatic heterocycles. The number of benzene rings is 1. The van der Waals surface area contributed by atoms with Crippen molar-refractivity contribution in [1.82, 2.24) is 19.8 Å². The summed E-state index contributed by atoms with van der Waals surface area (Å²) in [4.78, 5) is 27.2. The number of nitrogens with one attached hydrogen (secondary N) is 2. The first-order valence-corrected chi connectivity index (χ1v) is 12.1. The molecule has 1 fully saturated rings. The average Bonchev–Trinajstić information content (AvgIpc) is 3.22. The topological polar surface area (TPSA) is 98.8 Å². The van der Waals surface area contributed by atoms with Crippen molar-refractivity contribution >= 4 is 33.3 Å². The van der Waals surface area contributed by atoms with Crippen LogP contribution < -0.4 is 10.6 Å². The number of urea groups is 1. The molecule has 0 unspecified atom stereocenters. The van der Waals surface area contributed by atoms with Gasteiger partial charge >= 0.3 is 6.03 Å². The van der Waals surface area contributed by atoms with E-state index in [-0.39, 0.29) is 11.4 Å². The van der Waals surface area contributed by atoms with Gasteiger partial charge in [-0.3, -0.25) is 15.0 Å². The third-order valence-electron chi connectivity index (χ3n) is 4.85. The van der Waals surface area contributed by atoms with E-state index in [1.807, 2.05) is 29.3 Å². The van der Waals surface area contributed by atoms with Gasteiger partial charge in [0.25, 0.3) is 0 Å². The van der Waals surface area contributed by atoms with Gasteiger partial charge in [0, 0.05) is 37.6 Å². The highest BCUT2D eigenvalue weighted by atomic mass is 32.2. The van der Waals surface area contributed by atoms with Crippen molar-refractivity contribution in [3.63, 3.8) is 0 Å². The van der Waals surface area contributed by atoms with Gasteiger partial charge in [0.2, 0.25) is 15.9 Å². The maximum atomic E-state index is 12.7. The van der Waals surface area contributed by atoms with Crippen molar-refractivity contribution in [3.05, 3.63) is 52.2 Å². The van der Waals surface area contributed by atoms with Crippen LogP contribution in [0.5, 0.6) is 0 Å². The van der Waals surface area contributed by atoms with Gasteiger partial charge in [0.1, 0.15) is 0 Å². The molecule has 0 radical (unpaired) electrons. The van der Waals surface area contributed by atoms with E-state index in [0.29, 0.717) is 32.7 Å². The molecule has 1 aliphatic rings. The van der Waals surface area contributed by atoms with Crippen LogP contribution in [0.2, 0.25) is 0 Å². The molecule has 162 valence electrons. The Balaban J connectivity index is 1.40. The quantitative estimate of drug-likeness (QED) is 0.665. The number of amides is 3. The third kappa shape index (κ3) is 6.11. The van der Waals surface area contributed by atoms with Crippen molar-refractivity contribution < 1.29 is 18.0 Å². The Labute approximate surface area is 180 Å². The van der Waals surface area contributed by atoms with Gasteiger partial charge in [-0.15, -0.1) is 11.3 Å². The van der Waals surface area contributed by atoms with E-state index in [4.69, 9.17) is 0 Å². The number of imide groups is 1. The summed E-state index contributed by atoms with van der Waals surface area (Å²) in [5.41, 5.74) is 1.00. The Bertz CT molecular complexity index is 951. The zero-order valence-corrected chi connectivity index (χ0v) is 18.5. The number of carbonyl (C=O) groups excluding carboxylic acids is 2. The summed E-state index contributed by atoms with van der Waals surface area (Å²) >= 11 is 1.62. The molecular weight excluding hydrogens is 424 g/mol. The first-order valence-electron chi connectivity index (χ1n) is 9.74. The van der Waals surface area contributed by atoms with Crippen molar-refractivity contribution in [2.75, 3.05) is 39.3 Å². The molecule has 1 saturated heterocycles. The van der Waals surface area contributed by atoms with E-state index in [0.717, 1.165) is 12.0 Å². The molecule has 8 nitrogen and oxygen atoms in total. The van der Waals surface area contributed by atoms with Crippen LogP contribution in [0.1, 0.15) is 10.4 Å². The number of aryl methyl sites for hydroxylation is 1. The number of hydrogen-bond acceptors (Lipinski definition) is 6. The molecule has 1 aromatic carbocycles. The van der Waals surface area contributed by atoms with Crippen molar-refractivity contribution in [1.29, 1.82) is 0 Å². The fourth-order valence-electron chi connectivity index (χ4n) is 3.15. The fourth-order valence-corrected chi connectivity index (χ4v) is 5.29. The molecular formula is C20H26N4O4S2. The molecule has 0 atom stereocenters. The lowest BCUT2D eigenvalue weighted by molar-refractivity contribution is -0.121. The Morgan fingerprint density at radius 1 is 1.07 bits per heavy atom. The van der Waals surface area contributed by atoms with E-state index < -0.39 is 22.0 Å². The lowest BCUT2D eigenvalue weighted by atomic mass is 10.2. The van der Waals surface area contributed by atoms with Crippen LogP contribution in [-0.4, -0.2) is 68.8 Å². The SMILES string of the molecule is Cc1ccc(S(=O)(=O)N2CCN(CC(=O)NC(=O)NCCc3cccs3)CC2)cc1. The van der Waals surface area contributed by atoms with Crippen LogP contribution >= 0.6 is 11.3 Å². The minimum absolute atomic E-state index is 0.0523. The molecule has 0 spiro atoms. The monoisotopic (exact) mass is 450 g/mol. The largest absolute Gasteiger partial charge is 0.337 e. The van der Waals surface area contributed by atoms with Crippen LogP contribution in [0.4, 0.5) is 4.79 Å². The third-order valence-corrected chi connectivity index (χ3v) is 7.70. The summed E-state index contributed by atoms with van der Waals surface area (Å²) in [7, 11) is -3.54. The second-order valence-electron chi connectivity index (χ2n) is 7.13. The van der Waals surface area contributed by atoms with E-state index in [1.165, 1.54) is 9.18 Å². The van der Waals surface area contributed by atoms with Gasteiger partial charge in [-0.2, -0.15) is 4.31 Å². The molecule has 30 heavy (non-hydrogen) atoms. The minimum atomic E-state index is -3.54. The zero-order valence-electron chi connectivity index (χ0n) is 16.8. The number of sulfonamides is 1. The Kier molecular flexibility index (Phi) is 7.59. The summed E-state index contributed by atoms with van der Waals surface area (Å²) in [6.45, 7) is 3.88. The van der Waals surface area contributed by atoms with Crippen LogP contribution in [0.15, 0.2) is 46.7 Å². The predicted molar refractivity (Wildman–Crippen MR) is 116 cm³/mol.